The molecular weight excluding hydrogens is 328 g/mol. The van der Waals surface area contributed by atoms with Crippen LogP contribution in [0.3, 0.4) is 0 Å². The second-order valence-electron chi connectivity index (χ2n) is 6.84. The number of aromatic nitrogens is 1. The van der Waals surface area contributed by atoms with Gasteiger partial charge in [-0.3, -0.25) is 9.59 Å². The van der Waals surface area contributed by atoms with Crippen molar-refractivity contribution in [3.05, 3.63) is 59.4 Å². The highest BCUT2D eigenvalue weighted by Crippen LogP contribution is 2.28. The fourth-order valence-corrected chi connectivity index (χ4v) is 3.53. The van der Waals surface area contributed by atoms with Crippen molar-refractivity contribution in [3.8, 4) is 0 Å². The second kappa shape index (κ2) is 6.88. The Labute approximate surface area is 153 Å². The minimum absolute atomic E-state index is 0.102. The number of likely N-dealkylation sites (N-methyl/N-ethyl adjacent to an activating group) is 1. The van der Waals surface area contributed by atoms with Gasteiger partial charge in [-0.15, -0.1) is 0 Å². The zero-order valence-corrected chi connectivity index (χ0v) is 14.9. The Hall–Kier alpha value is -2.73. The normalized spacial score (nSPS) is 17.3. The van der Waals surface area contributed by atoms with Crippen LogP contribution in [0.4, 0.5) is 5.69 Å². The van der Waals surface area contributed by atoms with Gasteiger partial charge in [0.1, 0.15) is 11.4 Å². The number of hydrogen-bond donors (Lipinski definition) is 0. The molecule has 2 aliphatic heterocycles. The summed E-state index contributed by atoms with van der Waals surface area (Å²) in [6, 6.07) is 13.0. The first-order valence-electron chi connectivity index (χ1n) is 8.98. The van der Waals surface area contributed by atoms with Crippen molar-refractivity contribution in [3.63, 3.8) is 0 Å². The van der Waals surface area contributed by atoms with Gasteiger partial charge in [-0.1, -0.05) is 24.3 Å². The molecule has 1 fully saturated rings. The van der Waals surface area contributed by atoms with E-state index in [1.165, 1.54) is 5.56 Å². The third-order valence-corrected chi connectivity index (χ3v) is 5.11. The fourth-order valence-electron chi connectivity index (χ4n) is 3.53. The van der Waals surface area contributed by atoms with E-state index in [1.807, 2.05) is 36.2 Å². The maximum Gasteiger partial charge on any atom is 0.276 e. The molecule has 1 aromatic heterocycles. The van der Waals surface area contributed by atoms with Gasteiger partial charge in [-0.25, -0.2) is 4.98 Å². The van der Waals surface area contributed by atoms with Crippen LogP contribution in [0.15, 0.2) is 42.5 Å². The number of hydrogen-bond acceptors (Lipinski definition) is 4. The second-order valence-corrected chi connectivity index (χ2v) is 6.84. The van der Waals surface area contributed by atoms with E-state index in [0.717, 1.165) is 25.2 Å². The molecule has 0 bridgehead atoms. The lowest BCUT2D eigenvalue weighted by Gasteiger charge is -2.32. The lowest BCUT2D eigenvalue weighted by molar-refractivity contribution is 0.0658. The third kappa shape index (κ3) is 3.08. The van der Waals surface area contributed by atoms with Gasteiger partial charge in [0.2, 0.25) is 0 Å². The van der Waals surface area contributed by atoms with E-state index in [0.29, 0.717) is 31.0 Å². The minimum atomic E-state index is -0.150. The number of carbonyl (C=O) groups excluding carboxylic acids is 2. The third-order valence-electron chi connectivity index (χ3n) is 5.11. The van der Waals surface area contributed by atoms with Crippen molar-refractivity contribution in [1.82, 2.24) is 14.8 Å². The number of anilines is 1. The highest BCUT2D eigenvalue weighted by molar-refractivity contribution is 6.06. The van der Waals surface area contributed by atoms with Crippen molar-refractivity contribution in [2.45, 2.75) is 6.42 Å². The number of pyridine rings is 1. The van der Waals surface area contributed by atoms with Crippen LogP contribution in [-0.2, 0) is 6.42 Å². The maximum absolute atomic E-state index is 12.9. The predicted molar refractivity (Wildman–Crippen MR) is 99.5 cm³/mol. The quantitative estimate of drug-likeness (QED) is 0.827. The van der Waals surface area contributed by atoms with Crippen LogP contribution in [0.2, 0.25) is 0 Å². The number of carbonyl (C=O) groups is 2. The van der Waals surface area contributed by atoms with Gasteiger partial charge >= 0.3 is 0 Å². The summed E-state index contributed by atoms with van der Waals surface area (Å²) < 4.78 is 0. The van der Waals surface area contributed by atoms with Crippen LogP contribution in [0.1, 0.15) is 26.5 Å². The molecule has 6 nitrogen and oxygen atoms in total. The van der Waals surface area contributed by atoms with Gasteiger partial charge in [0.15, 0.2) is 0 Å². The van der Waals surface area contributed by atoms with Crippen molar-refractivity contribution in [2.75, 3.05) is 44.7 Å². The molecule has 0 radical (unpaired) electrons. The monoisotopic (exact) mass is 350 g/mol. The van der Waals surface area contributed by atoms with Gasteiger partial charge in [0.25, 0.3) is 11.8 Å². The molecule has 0 unspecified atom stereocenters. The maximum atomic E-state index is 12.9. The van der Waals surface area contributed by atoms with Crippen LogP contribution in [0.5, 0.6) is 0 Å². The Balaban J connectivity index is 1.54. The van der Waals surface area contributed by atoms with Gasteiger partial charge < -0.3 is 14.7 Å². The Morgan fingerprint density at radius 2 is 1.54 bits per heavy atom. The summed E-state index contributed by atoms with van der Waals surface area (Å²) in [4.78, 5) is 35.8. The number of rotatable bonds is 2. The molecule has 0 saturated carbocycles. The van der Waals surface area contributed by atoms with Crippen molar-refractivity contribution < 1.29 is 9.59 Å². The highest BCUT2D eigenvalue weighted by atomic mass is 16.2. The molecule has 0 spiro atoms. The topological polar surface area (TPSA) is 56.8 Å². The number of nitrogens with zero attached hydrogens (tertiary/aromatic N) is 4. The van der Waals surface area contributed by atoms with Crippen molar-refractivity contribution in [2.24, 2.45) is 0 Å². The van der Waals surface area contributed by atoms with Crippen LogP contribution in [0, 0.1) is 0 Å². The van der Waals surface area contributed by atoms with E-state index in [4.69, 9.17) is 0 Å². The van der Waals surface area contributed by atoms with Gasteiger partial charge in [-0.2, -0.15) is 0 Å². The number of para-hydroxylation sites is 1. The number of piperazine rings is 1. The summed E-state index contributed by atoms with van der Waals surface area (Å²) in [5.41, 5.74) is 2.77. The zero-order valence-electron chi connectivity index (χ0n) is 14.9. The Morgan fingerprint density at radius 1 is 0.846 bits per heavy atom. The largest absolute Gasteiger partial charge is 0.335 e. The standard InChI is InChI=1S/C20H22N4O2/c1-22-11-13-23(14-12-22)19(25)16-6-4-7-17(21-16)20(26)24-10-9-15-5-2-3-8-18(15)24/h2-8H,9-14H2,1H3. The molecule has 0 atom stereocenters. The van der Waals surface area contributed by atoms with Crippen LogP contribution in [0.25, 0.3) is 0 Å². The molecule has 3 heterocycles. The number of amides is 2. The Morgan fingerprint density at radius 3 is 2.31 bits per heavy atom. The average molecular weight is 350 g/mol. The summed E-state index contributed by atoms with van der Waals surface area (Å²) in [6.45, 7) is 3.74. The molecule has 2 aliphatic rings. The van der Waals surface area contributed by atoms with E-state index in [2.05, 4.69) is 9.88 Å². The number of fused-ring (bicyclic) bond motifs is 1. The Bertz CT molecular complexity index is 843. The summed E-state index contributed by atoms with van der Waals surface area (Å²) in [6.07, 6.45) is 0.849. The molecule has 2 amide bonds. The molecule has 1 saturated heterocycles. The molecule has 2 aromatic rings. The first kappa shape index (κ1) is 16.7. The zero-order chi connectivity index (χ0) is 18.1. The van der Waals surface area contributed by atoms with E-state index in [-0.39, 0.29) is 11.8 Å². The molecule has 4 rings (SSSR count). The molecule has 1 aromatic carbocycles. The molecule has 134 valence electrons. The first-order chi connectivity index (χ1) is 12.6. The lowest BCUT2D eigenvalue weighted by Crippen LogP contribution is -2.47. The Kier molecular flexibility index (Phi) is 4.42. The molecule has 26 heavy (non-hydrogen) atoms. The SMILES string of the molecule is CN1CCN(C(=O)c2cccc(C(=O)N3CCc4ccccc43)n2)CC1. The van der Waals surface area contributed by atoms with E-state index < -0.39 is 0 Å². The molecular formula is C20H22N4O2. The van der Waals surface area contributed by atoms with Gasteiger partial charge in [0.05, 0.1) is 0 Å². The van der Waals surface area contributed by atoms with Gasteiger partial charge in [0, 0.05) is 38.4 Å². The lowest BCUT2D eigenvalue weighted by atomic mass is 10.2. The van der Waals surface area contributed by atoms with E-state index >= 15 is 0 Å². The highest BCUT2D eigenvalue weighted by Gasteiger charge is 2.27. The van der Waals surface area contributed by atoms with E-state index in [1.54, 1.807) is 23.1 Å². The summed E-state index contributed by atoms with van der Waals surface area (Å²) in [5.74, 6) is -0.252. The molecule has 0 N–H and O–H groups in total. The number of benzene rings is 1. The minimum Gasteiger partial charge on any atom is -0.335 e. The van der Waals surface area contributed by atoms with Crippen LogP contribution < -0.4 is 4.90 Å². The van der Waals surface area contributed by atoms with E-state index in [9.17, 15) is 9.59 Å². The van der Waals surface area contributed by atoms with Crippen LogP contribution >= 0.6 is 0 Å². The molecule has 0 aliphatic carbocycles. The molecule has 6 heteroatoms. The van der Waals surface area contributed by atoms with Crippen LogP contribution in [-0.4, -0.2) is 66.4 Å². The summed E-state index contributed by atoms with van der Waals surface area (Å²) in [5, 5.41) is 0. The summed E-state index contributed by atoms with van der Waals surface area (Å²) >= 11 is 0. The van der Waals surface area contributed by atoms with Crippen molar-refractivity contribution >= 4 is 17.5 Å². The van der Waals surface area contributed by atoms with Crippen molar-refractivity contribution in [1.29, 1.82) is 0 Å². The smallest absolute Gasteiger partial charge is 0.276 e. The van der Waals surface area contributed by atoms with Gasteiger partial charge in [-0.05, 0) is 37.2 Å². The summed E-state index contributed by atoms with van der Waals surface area (Å²) in [7, 11) is 2.05. The predicted octanol–water partition coefficient (Wildman–Crippen LogP) is 1.67. The average Bonchev–Trinajstić information content (AvgIpc) is 3.12. The fraction of sp³-hybridized carbons (Fsp3) is 0.350. The first-order valence-corrected chi connectivity index (χ1v) is 8.98.